The molecule has 0 aromatic heterocycles. The number of hydrogen-bond donors (Lipinski definition) is 0. The molecule has 0 heterocycles. The fraction of sp³-hybridized carbons (Fsp3) is 1.00. The lowest BCUT2D eigenvalue weighted by Crippen LogP contribution is -2.11. The van der Waals surface area contributed by atoms with Crippen LogP contribution in [0.4, 0.5) is 0 Å². The number of unbranched alkanes of at least 4 members (excludes halogenated alkanes) is 2. The Balaban J connectivity index is 3.53. The molecule has 0 fully saturated rings. The van der Waals surface area contributed by atoms with Gasteiger partial charge in [-0.2, -0.15) is 0 Å². The molecule has 1 atom stereocenters. The van der Waals surface area contributed by atoms with Crippen LogP contribution in [0.25, 0.3) is 0 Å². The van der Waals surface area contributed by atoms with Gasteiger partial charge in [0.25, 0.3) is 0 Å². The standard InChI is InChI=1S/C9H20O2S/c1-4-5-6-7-9(2)8-12(3,10)11/h9H,4-8H2,1-3H3. The molecule has 0 rings (SSSR count). The summed E-state index contributed by atoms with van der Waals surface area (Å²) in [4.78, 5) is 0. The van der Waals surface area contributed by atoms with E-state index in [0.717, 1.165) is 12.8 Å². The van der Waals surface area contributed by atoms with Crippen molar-refractivity contribution in [1.82, 2.24) is 0 Å². The molecule has 3 heteroatoms. The van der Waals surface area contributed by atoms with Crippen LogP contribution < -0.4 is 0 Å². The molecule has 74 valence electrons. The van der Waals surface area contributed by atoms with Gasteiger partial charge in [-0.15, -0.1) is 0 Å². The molecule has 0 aliphatic rings. The molecule has 0 bridgehead atoms. The van der Waals surface area contributed by atoms with Crippen LogP contribution in [-0.4, -0.2) is 20.4 Å². The van der Waals surface area contributed by atoms with Crippen LogP contribution in [0.5, 0.6) is 0 Å². The van der Waals surface area contributed by atoms with Crippen LogP contribution in [0, 0.1) is 5.92 Å². The zero-order valence-electron chi connectivity index (χ0n) is 8.34. The Morgan fingerprint density at radius 1 is 1.25 bits per heavy atom. The third-order valence-corrected chi connectivity index (χ3v) is 3.06. The van der Waals surface area contributed by atoms with Crippen molar-refractivity contribution in [3.05, 3.63) is 0 Å². The van der Waals surface area contributed by atoms with Crippen molar-refractivity contribution < 1.29 is 8.42 Å². The summed E-state index contributed by atoms with van der Waals surface area (Å²) in [7, 11) is -2.76. The Labute approximate surface area is 76.3 Å². The summed E-state index contributed by atoms with van der Waals surface area (Å²) in [6.45, 7) is 4.16. The van der Waals surface area contributed by atoms with Crippen LogP contribution in [0.1, 0.15) is 39.5 Å². The molecule has 12 heavy (non-hydrogen) atoms. The summed E-state index contributed by atoms with van der Waals surface area (Å²) >= 11 is 0. The number of hydrogen-bond acceptors (Lipinski definition) is 2. The summed E-state index contributed by atoms with van der Waals surface area (Å²) < 4.78 is 21.7. The lowest BCUT2D eigenvalue weighted by Gasteiger charge is -2.08. The zero-order chi connectivity index (χ0) is 9.61. The highest BCUT2D eigenvalue weighted by atomic mass is 32.2. The van der Waals surface area contributed by atoms with E-state index in [9.17, 15) is 8.42 Å². The quantitative estimate of drug-likeness (QED) is 0.605. The minimum Gasteiger partial charge on any atom is -0.229 e. The number of rotatable bonds is 6. The molecule has 0 aromatic carbocycles. The first-order valence-electron chi connectivity index (χ1n) is 4.63. The van der Waals surface area contributed by atoms with Gasteiger partial charge in [-0.3, -0.25) is 0 Å². The van der Waals surface area contributed by atoms with Crippen molar-refractivity contribution in [3.63, 3.8) is 0 Å². The van der Waals surface area contributed by atoms with Gasteiger partial charge in [0.15, 0.2) is 0 Å². The maximum absolute atomic E-state index is 10.9. The van der Waals surface area contributed by atoms with Gasteiger partial charge in [0.2, 0.25) is 0 Å². The van der Waals surface area contributed by atoms with Crippen molar-refractivity contribution in [1.29, 1.82) is 0 Å². The van der Waals surface area contributed by atoms with E-state index in [-0.39, 0.29) is 0 Å². The lowest BCUT2D eigenvalue weighted by atomic mass is 10.1. The predicted octanol–water partition coefficient (Wildman–Crippen LogP) is 2.25. The van der Waals surface area contributed by atoms with Crippen molar-refractivity contribution in [3.8, 4) is 0 Å². The summed E-state index contributed by atoms with van der Waals surface area (Å²) in [6, 6.07) is 0. The molecule has 0 spiro atoms. The van der Waals surface area contributed by atoms with Gasteiger partial charge < -0.3 is 0 Å². The summed E-state index contributed by atoms with van der Waals surface area (Å²) in [5.74, 6) is 0.669. The highest BCUT2D eigenvalue weighted by Crippen LogP contribution is 2.10. The van der Waals surface area contributed by atoms with Gasteiger partial charge in [-0.1, -0.05) is 33.1 Å². The Kier molecular flexibility index (Phi) is 5.55. The Morgan fingerprint density at radius 3 is 2.25 bits per heavy atom. The minimum absolute atomic E-state index is 0.326. The average molecular weight is 192 g/mol. The van der Waals surface area contributed by atoms with Gasteiger partial charge in [-0.05, 0) is 12.3 Å². The Hall–Kier alpha value is -0.0500. The summed E-state index contributed by atoms with van der Waals surface area (Å²) in [6.07, 6.45) is 5.93. The van der Waals surface area contributed by atoms with Gasteiger partial charge in [0.05, 0.1) is 5.75 Å². The second-order valence-corrected chi connectivity index (χ2v) is 5.88. The monoisotopic (exact) mass is 192 g/mol. The molecule has 0 amide bonds. The zero-order valence-corrected chi connectivity index (χ0v) is 9.15. The molecule has 2 nitrogen and oxygen atoms in total. The SMILES string of the molecule is CCCCCC(C)CS(C)(=O)=O. The molecule has 0 aromatic rings. The Bertz CT molecular complexity index is 195. The second kappa shape index (κ2) is 5.57. The van der Waals surface area contributed by atoms with Crippen molar-refractivity contribution >= 4 is 9.84 Å². The first kappa shape index (κ1) is 11.9. The normalized spacial score (nSPS) is 14.6. The maximum atomic E-state index is 10.9. The van der Waals surface area contributed by atoms with E-state index in [1.807, 2.05) is 6.92 Å². The molecule has 0 radical (unpaired) electrons. The van der Waals surface area contributed by atoms with Gasteiger partial charge in [0, 0.05) is 6.26 Å². The summed E-state index contributed by atoms with van der Waals surface area (Å²) in [5.41, 5.74) is 0. The molecular weight excluding hydrogens is 172 g/mol. The van der Waals surface area contributed by atoms with E-state index < -0.39 is 9.84 Å². The fourth-order valence-electron chi connectivity index (χ4n) is 1.34. The van der Waals surface area contributed by atoms with Gasteiger partial charge >= 0.3 is 0 Å². The largest absolute Gasteiger partial charge is 0.229 e. The third-order valence-electron chi connectivity index (χ3n) is 1.89. The maximum Gasteiger partial charge on any atom is 0.147 e. The van der Waals surface area contributed by atoms with E-state index in [4.69, 9.17) is 0 Å². The van der Waals surface area contributed by atoms with Gasteiger partial charge in [0.1, 0.15) is 9.84 Å². The van der Waals surface area contributed by atoms with Gasteiger partial charge in [-0.25, -0.2) is 8.42 Å². The second-order valence-electron chi connectivity index (χ2n) is 3.69. The molecular formula is C9H20O2S. The first-order valence-corrected chi connectivity index (χ1v) is 6.69. The van der Waals surface area contributed by atoms with E-state index >= 15 is 0 Å². The lowest BCUT2D eigenvalue weighted by molar-refractivity contribution is 0.522. The molecule has 0 N–H and O–H groups in total. The van der Waals surface area contributed by atoms with E-state index in [1.165, 1.54) is 19.1 Å². The summed E-state index contributed by atoms with van der Waals surface area (Å²) in [5, 5.41) is 0. The van der Waals surface area contributed by atoms with Crippen molar-refractivity contribution in [2.24, 2.45) is 5.92 Å². The molecule has 0 saturated heterocycles. The highest BCUT2D eigenvalue weighted by Gasteiger charge is 2.09. The van der Waals surface area contributed by atoms with Crippen molar-refractivity contribution in [2.45, 2.75) is 39.5 Å². The topological polar surface area (TPSA) is 34.1 Å². The average Bonchev–Trinajstić information content (AvgIpc) is 1.84. The van der Waals surface area contributed by atoms with Crippen LogP contribution in [-0.2, 0) is 9.84 Å². The number of sulfone groups is 1. The fourth-order valence-corrected chi connectivity index (χ4v) is 2.54. The predicted molar refractivity (Wildman–Crippen MR) is 53.0 cm³/mol. The molecule has 0 aliphatic heterocycles. The molecule has 1 unspecified atom stereocenters. The highest BCUT2D eigenvalue weighted by molar-refractivity contribution is 7.90. The minimum atomic E-state index is -2.76. The van der Waals surface area contributed by atoms with Crippen molar-refractivity contribution in [2.75, 3.05) is 12.0 Å². The molecule has 0 aliphatic carbocycles. The van der Waals surface area contributed by atoms with Crippen LogP contribution in [0.2, 0.25) is 0 Å². The smallest absolute Gasteiger partial charge is 0.147 e. The first-order chi connectivity index (χ1) is 5.45. The van der Waals surface area contributed by atoms with Crippen LogP contribution in [0.3, 0.4) is 0 Å². The van der Waals surface area contributed by atoms with E-state index in [2.05, 4.69) is 6.92 Å². The van der Waals surface area contributed by atoms with Crippen LogP contribution in [0.15, 0.2) is 0 Å². The molecule has 0 saturated carbocycles. The Morgan fingerprint density at radius 2 is 1.83 bits per heavy atom. The van der Waals surface area contributed by atoms with Crippen LogP contribution >= 0.6 is 0 Å². The van der Waals surface area contributed by atoms with E-state index in [1.54, 1.807) is 0 Å². The van der Waals surface area contributed by atoms with E-state index in [0.29, 0.717) is 11.7 Å². The third kappa shape index (κ3) is 8.05.